The minimum absolute atomic E-state index is 0.127. The molecule has 2 aromatic carbocycles. The van der Waals surface area contributed by atoms with Gasteiger partial charge in [0.25, 0.3) is 5.91 Å². The van der Waals surface area contributed by atoms with Gasteiger partial charge in [0.1, 0.15) is 0 Å². The van der Waals surface area contributed by atoms with E-state index < -0.39 is 5.97 Å². The van der Waals surface area contributed by atoms with Crippen molar-refractivity contribution in [2.24, 2.45) is 7.05 Å². The number of anilines is 1. The molecular weight excluding hydrogens is 430 g/mol. The molecular formula is C22H23N5O4S. The Bertz CT molecular complexity index is 1080. The third-order valence-electron chi connectivity index (χ3n) is 4.38. The van der Waals surface area contributed by atoms with Crippen LogP contribution in [0.15, 0.2) is 59.8 Å². The fourth-order valence-corrected chi connectivity index (χ4v) is 3.44. The summed E-state index contributed by atoms with van der Waals surface area (Å²) in [6.07, 6.45) is 0. The largest absolute Gasteiger partial charge is 0.462 e. The Hall–Kier alpha value is -3.66. The summed E-state index contributed by atoms with van der Waals surface area (Å²) in [6, 6.07) is 15.4. The average Bonchev–Trinajstić information content (AvgIpc) is 3.16. The Morgan fingerprint density at radius 1 is 1.00 bits per heavy atom. The number of hydrogen-bond acceptors (Lipinski definition) is 7. The van der Waals surface area contributed by atoms with Crippen LogP contribution in [0.1, 0.15) is 33.5 Å². The molecule has 0 atom stereocenters. The van der Waals surface area contributed by atoms with Gasteiger partial charge in [-0.1, -0.05) is 30.0 Å². The van der Waals surface area contributed by atoms with Crippen LogP contribution >= 0.6 is 11.8 Å². The second-order valence-corrected chi connectivity index (χ2v) is 7.58. The fraction of sp³-hybridized carbons (Fsp3) is 0.227. The van der Waals surface area contributed by atoms with Gasteiger partial charge in [0.05, 0.1) is 24.5 Å². The predicted molar refractivity (Wildman–Crippen MR) is 120 cm³/mol. The number of nitrogens with zero attached hydrogens (tertiary/aromatic N) is 3. The van der Waals surface area contributed by atoms with Gasteiger partial charge in [0.15, 0.2) is 11.0 Å². The molecule has 0 radical (unpaired) electrons. The molecule has 0 aliphatic carbocycles. The number of carbonyl (C=O) groups excluding carboxylic acids is 3. The summed E-state index contributed by atoms with van der Waals surface area (Å²) in [6.45, 7) is 2.26. The maximum absolute atomic E-state index is 12.3. The minimum Gasteiger partial charge on any atom is -0.462 e. The van der Waals surface area contributed by atoms with Gasteiger partial charge in [-0.3, -0.25) is 9.59 Å². The topological polar surface area (TPSA) is 115 Å². The number of amides is 2. The first kappa shape index (κ1) is 23.0. The molecule has 9 nitrogen and oxygen atoms in total. The molecule has 1 aromatic heterocycles. The van der Waals surface area contributed by atoms with Gasteiger partial charge in [-0.25, -0.2) is 4.79 Å². The zero-order valence-corrected chi connectivity index (χ0v) is 18.5. The zero-order chi connectivity index (χ0) is 22.9. The normalized spacial score (nSPS) is 10.4. The highest BCUT2D eigenvalue weighted by Crippen LogP contribution is 2.17. The Labute approximate surface area is 189 Å². The molecule has 0 aliphatic rings. The number of nitrogens with one attached hydrogen (secondary N) is 2. The second kappa shape index (κ2) is 11.1. The monoisotopic (exact) mass is 453 g/mol. The number of benzene rings is 2. The highest BCUT2D eigenvalue weighted by molar-refractivity contribution is 7.99. The molecule has 3 rings (SSSR count). The van der Waals surface area contributed by atoms with E-state index in [0.717, 1.165) is 0 Å². The number of hydrogen-bond donors (Lipinski definition) is 2. The van der Waals surface area contributed by atoms with Crippen molar-refractivity contribution in [3.8, 4) is 0 Å². The lowest BCUT2D eigenvalue weighted by Gasteiger charge is -2.07. The Morgan fingerprint density at radius 2 is 1.72 bits per heavy atom. The first-order valence-corrected chi connectivity index (χ1v) is 10.9. The fourth-order valence-electron chi connectivity index (χ4n) is 2.71. The first-order chi connectivity index (χ1) is 15.5. The lowest BCUT2D eigenvalue weighted by atomic mass is 10.2. The lowest BCUT2D eigenvalue weighted by Crippen LogP contribution is -2.24. The number of aromatic nitrogens is 3. The van der Waals surface area contributed by atoms with Crippen LogP contribution in [0.2, 0.25) is 0 Å². The predicted octanol–water partition coefficient (Wildman–Crippen LogP) is 2.65. The number of ether oxygens (including phenoxy) is 1. The molecule has 0 saturated carbocycles. The smallest absolute Gasteiger partial charge is 0.338 e. The summed E-state index contributed by atoms with van der Waals surface area (Å²) in [4.78, 5) is 36.1. The van der Waals surface area contributed by atoms with E-state index in [2.05, 4.69) is 20.8 Å². The SMILES string of the molecule is CCOC(=O)c1ccc(NC(=O)CSc2nnc(CNC(=O)c3ccccc3)n2C)cc1. The van der Waals surface area contributed by atoms with Gasteiger partial charge in [0, 0.05) is 18.3 Å². The Kier molecular flexibility index (Phi) is 7.98. The molecule has 0 spiro atoms. The van der Waals surface area contributed by atoms with Crippen LogP contribution in [0.3, 0.4) is 0 Å². The molecule has 32 heavy (non-hydrogen) atoms. The van der Waals surface area contributed by atoms with Gasteiger partial charge < -0.3 is 19.9 Å². The van der Waals surface area contributed by atoms with E-state index in [-0.39, 0.29) is 24.1 Å². The van der Waals surface area contributed by atoms with Crippen LogP contribution in [-0.4, -0.2) is 44.9 Å². The third kappa shape index (κ3) is 6.17. The molecule has 0 saturated heterocycles. The van der Waals surface area contributed by atoms with E-state index in [1.54, 1.807) is 67.1 Å². The van der Waals surface area contributed by atoms with Crippen molar-refractivity contribution in [1.82, 2.24) is 20.1 Å². The summed E-state index contributed by atoms with van der Waals surface area (Å²) < 4.78 is 6.67. The van der Waals surface area contributed by atoms with Crippen LogP contribution in [0.25, 0.3) is 0 Å². The minimum atomic E-state index is -0.404. The molecule has 2 N–H and O–H groups in total. The van der Waals surface area contributed by atoms with Crippen LogP contribution in [0.4, 0.5) is 5.69 Å². The van der Waals surface area contributed by atoms with Crippen molar-refractivity contribution in [1.29, 1.82) is 0 Å². The van der Waals surface area contributed by atoms with Gasteiger partial charge in [0.2, 0.25) is 5.91 Å². The second-order valence-electron chi connectivity index (χ2n) is 6.64. The van der Waals surface area contributed by atoms with Crippen LogP contribution in [0.5, 0.6) is 0 Å². The third-order valence-corrected chi connectivity index (χ3v) is 5.40. The molecule has 0 aliphatic heterocycles. The number of esters is 1. The van der Waals surface area contributed by atoms with Gasteiger partial charge in [-0.05, 0) is 43.3 Å². The summed E-state index contributed by atoms with van der Waals surface area (Å²) in [5.74, 6) is -0.121. The first-order valence-electron chi connectivity index (χ1n) is 9.89. The van der Waals surface area contributed by atoms with Crippen molar-refractivity contribution in [2.75, 3.05) is 17.7 Å². The number of thioether (sulfide) groups is 1. The Balaban J connectivity index is 1.48. The summed E-state index contributed by atoms with van der Waals surface area (Å²) in [5, 5.41) is 14.3. The molecule has 0 fully saturated rings. The lowest BCUT2D eigenvalue weighted by molar-refractivity contribution is -0.113. The van der Waals surface area contributed by atoms with Crippen molar-refractivity contribution < 1.29 is 19.1 Å². The molecule has 0 unspecified atom stereocenters. The highest BCUT2D eigenvalue weighted by Gasteiger charge is 2.13. The van der Waals surface area contributed by atoms with E-state index in [1.165, 1.54) is 11.8 Å². The van der Waals surface area contributed by atoms with Gasteiger partial charge >= 0.3 is 5.97 Å². The van der Waals surface area contributed by atoms with E-state index in [9.17, 15) is 14.4 Å². The summed E-state index contributed by atoms with van der Waals surface area (Å²) in [7, 11) is 1.78. The quantitative estimate of drug-likeness (QED) is 0.378. The van der Waals surface area contributed by atoms with E-state index >= 15 is 0 Å². The molecule has 2 amide bonds. The molecule has 3 aromatic rings. The van der Waals surface area contributed by atoms with E-state index in [1.807, 2.05) is 6.07 Å². The van der Waals surface area contributed by atoms with Crippen LogP contribution < -0.4 is 10.6 Å². The summed E-state index contributed by atoms with van der Waals surface area (Å²) >= 11 is 1.23. The number of rotatable bonds is 9. The van der Waals surface area contributed by atoms with Crippen molar-refractivity contribution in [2.45, 2.75) is 18.6 Å². The summed E-state index contributed by atoms with van der Waals surface area (Å²) in [5.41, 5.74) is 1.56. The van der Waals surface area contributed by atoms with Gasteiger partial charge in [-0.2, -0.15) is 0 Å². The molecule has 10 heteroatoms. The highest BCUT2D eigenvalue weighted by atomic mass is 32.2. The maximum Gasteiger partial charge on any atom is 0.338 e. The van der Waals surface area contributed by atoms with E-state index in [0.29, 0.717) is 34.4 Å². The van der Waals surface area contributed by atoms with E-state index in [4.69, 9.17) is 4.74 Å². The molecule has 0 bridgehead atoms. The zero-order valence-electron chi connectivity index (χ0n) is 17.7. The average molecular weight is 454 g/mol. The molecule has 166 valence electrons. The number of carbonyl (C=O) groups is 3. The standard InChI is InChI=1S/C22H23N5O4S/c1-3-31-21(30)16-9-11-17(12-10-16)24-19(28)14-32-22-26-25-18(27(22)2)13-23-20(29)15-7-5-4-6-8-15/h4-12H,3,13-14H2,1-2H3,(H,23,29)(H,24,28). The van der Waals surface area contributed by atoms with Crippen molar-refractivity contribution >= 4 is 35.2 Å². The van der Waals surface area contributed by atoms with Gasteiger partial charge in [-0.15, -0.1) is 10.2 Å². The van der Waals surface area contributed by atoms with Crippen LogP contribution in [0, 0.1) is 0 Å². The molecule has 1 heterocycles. The van der Waals surface area contributed by atoms with Crippen LogP contribution in [-0.2, 0) is 23.1 Å². The maximum atomic E-state index is 12.3. The van der Waals surface area contributed by atoms with Crippen molar-refractivity contribution in [3.05, 3.63) is 71.5 Å². The Morgan fingerprint density at radius 3 is 2.41 bits per heavy atom. The van der Waals surface area contributed by atoms with Crippen molar-refractivity contribution in [3.63, 3.8) is 0 Å².